The number of hydrazine groups is 6. The lowest BCUT2D eigenvalue weighted by Crippen LogP contribution is -2.59. The summed E-state index contributed by atoms with van der Waals surface area (Å²) in [6.07, 6.45) is 1.21. The molecule has 54 heavy (non-hydrogen) atoms. The van der Waals surface area contributed by atoms with Crippen molar-refractivity contribution in [2.45, 2.75) is 38.0 Å². The number of carbonyl (C=O) groups excluding carboxylic acids is 3. The predicted octanol–water partition coefficient (Wildman–Crippen LogP) is -0.990. The van der Waals surface area contributed by atoms with Gasteiger partial charge in [-0.3, -0.25) is 14.4 Å². The molecule has 21 heteroatoms. The summed E-state index contributed by atoms with van der Waals surface area (Å²) >= 11 is 0. The molecule has 10 N–H and O–H groups in total. The average Bonchev–Trinajstić information content (AvgIpc) is 3.48. The van der Waals surface area contributed by atoms with Crippen LogP contribution in [-0.4, -0.2) is 97.4 Å². The van der Waals surface area contributed by atoms with Gasteiger partial charge < -0.3 is 44.7 Å². The third kappa shape index (κ3) is 15.8. The summed E-state index contributed by atoms with van der Waals surface area (Å²) in [6.45, 7) is 3.52. The predicted molar refractivity (Wildman–Crippen MR) is 193 cm³/mol. The zero-order valence-corrected chi connectivity index (χ0v) is 30.4. The lowest BCUT2D eigenvalue weighted by atomic mass is 9.96. The molecule has 0 heterocycles. The number of halogens is 1. The van der Waals surface area contributed by atoms with Crippen LogP contribution in [0.3, 0.4) is 0 Å². The molecule has 0 bridgehead atoms. The molecule has 0 saturated heterocycles. The van der Waals surface area contributed by atoms with Crippen molar-refractivity contribution in [3.05, 3.63) is 53.1 Å². The van der Waals surface area contributed by atoms with Gasteiger partial charge in [0.25, 0.3) is 5.91 Å². The minimum atomic E-state index is -0.960. The second-order valence-corrected chi connectivity index (χ2v) is 11.6. The van der Waals surface area contributed by atoms with Crippen molar-refractivity contribution in [1.82, 2.24) is 49.5 Å². The van der Waals surface area contributed by atoms with Crippen molar-refractivity contribution >= 4 is 29.5 Å². The normalized spacial score (nSPS) is 13.2. The highest BCUT2D eigenvalue weighted by atomic mass is 19.2. The van der Waals surface area contributed by atoms with Crippen molar-refractivity contribution in [3.63, 3.8) is 0 Å². The molecule has 0 fully saturated rings. The van der Waals surface area contributed by atoms with Gasteiger partial charge in [0.05, 0.1) is 13.2 Å². The Labute approximate surface area is 312 Å². The summed E-state index contributed by atoms with van der Waals surface area (Å²) in [7, 11) is 3.25. The maximum Gasteiger partial charge on any atom is 0.252 e. The molecular formula is C33H51FN11O9-. The molecule has 3 rings (SSSR count). The van der Waals surface area contributed by atoms with Crippen molar-refractivity contribution in [1.29, 1.82) is 0 Å². The first-order valence-electron chi connectivity index (χ1n) is 17.4. The number of hydrogen-bond acceptors (Lipinski definition) is 17. The first-order valence-corrected chi connectivity index (χ1v) is 17.4. The maximum atomic E-state index is 13.4. The fourth-order valence-corrected chi connectivity index (χ4v) is 5.39. The van der Waals surface area contributed by atoms with Crippen molar-refractivity contribution in [2.75, 3.05) is 78.9 Å². The Bertz CT molecular complexity index is 1470. The highest BCUT2D eigenvalue weighted by molar-refractivity contribution is 6.04. The molecule has 1 atom stereocenters. The third-order valence-electron chi connectivity index (χ3n) is 7.75. The van der Waals surface area contributed by atoms with Crippen molar-refractivity contribution < 1.29 is 47.7 Å². The van der Waals surface area contributed by atoms with E-state index in [2.05, 4.69) is 48.7 Å². The minimum Gasteiger partial charge on any atom is -0.598 e. The minimum absolute atomic E-state index is 0.117. The maximum absolute atomic E-state index is 13.4. The summed E-state index contributed by atoms with van der Waals surface area (Å²) in [6, 6.07) is 10.6. The number of carbonyl (C=O) groups is 3. The molecule has 2 aromatic carbocycles. The van der Waals surface area contributed by atoms with E-state index in [1.807, 2.05) is 17.7 Å². The summed E-state index contributed by atoms with van der Waals surface area (Å²) in [4.78, 5) is 38.4. The number of amides is 3. The molecule has 3 amide bonds. The molecule has 1 aliphatic carbocycles. The van der Waals surface area contributed by atoms with Gasteiger partial charge in [-0.25, -0.2) is 5.53 Å². The van der Waals surface area contributed by atoms with Crippen LogP contribution in [0.5, 0.6) is 0 Å². The molecule has 20 nitrogen and oxygen atoms in total. The summed E-state index contributed by atoms with van der Waals surface area (Å²) in [5, 5.41) is 24.5. The number of nitrogens with one attached hydrogen (secondary N) is 10. The van der Waals surface area contributed by atoms with Gasteiger partial charge in [0.15, 0.2) is 6.08 Å². The highest BCUT2D eigenvalue weighted by Gasteiger charge is 2.32. The number of rotatable bonds is 29. The molecule has 0 aromatic heterocycles. The van der Waals surface area contributed by atoms with E-state index in [0.29, 0.717) is 76.0 Å². The topological polar surface area (TPSA) is 253 Å². The van der Waals surface area contributed by atoms with Crippen LogP contribution in [-0.2, 0) is 33.3 Å². The van der Waals surface area contributed by atoms with Crippen LogP contribution in [0.1, 0.15) is 59.5 Å². The van der Waals surface area contributed by atoms with E-state index < -0.39 is 12.0 Å². The van der Waals surface area contributed by atoms with E-state index in [-0.39, 0.29) is 37.2 Å². The molecule has 0 saturated carbocycles. The number of hydrazone groups is 1. The van der Waals surface area contributed by atoms with E-state index in [1.165, 1.54) is 0 Å². The van der Waals surface area contributed by atoms with E-state index in [9.17, 15) is 24.0 Å². The summed E-state index contributed by atoms with van der Waals surface area (Å²) in [5.74, 6) is -1.26. The molecule has 1 aliphatic rings. The van der Waals surface area contributed by atoms with Crippen LogP contribution < -0.4 is 59.9 Å². The smallest absolute Gasteiger partial charge is 0.252 e. The Morgan fingerprint density at radius 1 is 0.778 bits per heavy atom. The Kier molecular flexibility index (Phi) is 21.3. The summed E-state index contributed by atoms with van der Waals surface area (Å²) < 4.78 is 38.2. The number of nitrogens with zero attached hydrogens (tertiary/aromatic N) is 1. The first-order chi connectivity index (χ1) is 26.4. The van der Waals surface area contributed by atoms with Gasteiger partial charge in [-0.1, -0.05) is 23.8 Å². The Morgan fingerprint density at radius 2 is 1.46 bits per heavy atom. The number of fused-ring (bicyclic) bond motifs is 3. The highest BCUT2D eigenvalue weighted by Crippen LogP contribution is 2.47. The number of methoxy groups -OCH3 is 2. The molecule has 300 valence electrons. The van der Waals surface area contributed by atoms with E-state index in [0.717, 1.165) is 35.2 Å². The number of anilines is 1. The number of hydrogen-bond donors (Lipinski definition) is 10. The zero-order valence-electron chi connectivity index (χ0n) is 30.4. The van der Waals surface area contributed by atoms with Gasteiger partial charge in [-0.2, -0.15) is 22.1 Å². The van der Waals surface area contributed by atoms with Crippen molar-refractivity contribution in [3.8, 4) is 11.1 Å². The Hall–Kier alpha value is -4.55. The molecular weight excluding hydrogens is 713 g/mol. The molecule has 1 unspecified atom stereocenters. The largest absolute Gasteiger partial charge is 0.598 e. The lowest BCUT2D eigenvalue weighted by molar-refractivity contribution is -0.251. The van der Waals surface area contributed by atoms with Crippen LogP contribution in [0.2, 0.25) is 0 Å². The fourth-order valence-electron chi connectivity index (χ4n) is 5.39. The fraction of sp³-hybridized carbons (Fsp3) is 0.515. The molecule has 0 spiro atoms. The standard InChI is InChI=1S/C33H52FN11O9/c1-50-15-5-17-52-19-13-35-29(46)9-4-10-30(47)37-23-11-12-25-27(21-23)28(22-54-33(49)38-40-42-44-45-43-41-39-34)24-7-3-8-26(31(24)25)32(48)36-14-20-53-18-6-16-51-2/h3,7-8,11-12,21,28,39-45H,4-6,9-10,13-20,22H2,1-2H3,(H,35,46)(H,36,48)(H,37,47)(H,38,49)/p-1. The van der Waals surface area contributed by atoms with Gasteiger partial charge >= 0.3 is 0 Å². The van der Waals surface area contributed by atoms with Gasteiger partial charge in [-0.15, -0.1) is 15.1 Å². The number of ether oxygens (including phenoxy) is 5. The van der Waals surface area contributed by atoms with Crippen LogP contribution in [0.15, 0.2) is 41.5 Å². The molecule has 2 aromatic rings. The van der Waals surface area contributed by atoms with Gasteiger partial charge in [0.2, 0.25) is 11.8 Å². The monoisotopic (exact) mass is 764 g/mol. The van der Waals surface area contributed by atoms with Gasteiger partial charge in [-0.05, 0) is 59.7 Å². The van der Waals surface area contributed by atoms with E-state index in [1.54, 1.807) is 38.5 Å². The molecule has 0 aliphatic heterocycles. The zero-order chi connectivity index (χ0) is 38.8. The van der Waals surface area contributed by atoms with Crippen molar-refractivity contribution in [2.24, 2.45) is 5.10 Å². The Balaban J connectivity index is 1.64. The third-order valence-corrected chi connectivity index (χ3v) is 7.75. The van der Waals surface area contributed by atoms with Crippen LogP contribution >= 0.6 is 0 Å². The van der Waals surface area contributed by atoms with Crippen LogP contribution in [0.25, 0.3) is 11.1 Å². The van der Waals surface area contributed by atoms with Gasteiger partial charge in [0, 0.05) is 90.4 Å². The Morgan fingerprint density at radius 3 is 2.19 bits per heavy atom. The first kappa shape index (κ1) is 43.9. The average molecular weight is 765 g/mol. The van der Waals surface area contributed by atoms with E-state index in [4.69, 9.17) is 23.7 Å². The summed E-state index contributed by atoms with van der Waals surface area (Å²) in [5.41, 5.74) is 18.0. The van der Waals surface area contributed by atoms with Crippen LogP contribution in [0, 0.1) is 0 Å². The quantitative estimate of drug-likeness (QED) is 0.0157. The second-order valence-electron chi connectivity index (χ2n) is 11.6. The van der Waals surface area contributed by atoms with Gasteiger partial charge in [0.1, 0.15) is 0 Å². The second kappa shape index (κ2) is 26.3. The van der Waals surface area contributed by atoms with Crippen LogP contribution in [0.4, 0.5) is 10.2 Å². The molecule has 0 radical (unpaired) electrons. The number of benzene rings is 2. The van der Waals surface area contributed by atoms with E-state index >= 15 is 0 Å². The SMILES string of the molecule is COCCCOCCNC(=O)CCCC(=O)Nc1ccc2c(c1)C(COC([O-])=NNNNNNNNF)c1cccc(C(=O)NCCOCCCOC)c1-2. The lowest BCUT2D eigenvalue weighted by Gasteiger charge is -2.21.